The lowest BCUT2D eigenvalue weighted by atomic mass is 10.4. The summed E-state index contributed by atoms with van der Waals surface area (Å²) in [6.45, 7) is 0. The third kappa shape index (κ3) is 2.73. The normalized spacial score (nSPS) is 10.3. The summed E-state index contributed by atoms with van der Waals surface area (Å²) < 4.78 is 5.18. The van der Waals surface area contributed by atoms with Crippen LogP contribution in [0.25, 0.3) is 11.6 Å². The Kier molecular flexibility index (Phi) is 3.52. The van der Waals surface area contributed by atoms with E-state index in [0.29, 0.717) is 28.9 Å². The molecule has 0 spiro atoms. The van der Waals surface area contributed by atoms with E-state index in [0.717, 1.165) is 4.90 Å². The molecule has 0 aliphatic carbocycles. The van der Waals surface area contributed by atoms with Crippen LogP contribution in [0.2, 0.25) is 0 Å². The number of rotatable bonds is 4. The topological polar surface area (TPSA) is 78.5 Å². The molecule has 0 saturated carbocycles. The highest BCUT2D eigenvalue weighted by Crippen LogP contribution is 2.22. The maximum Gasteiger partial charge on any atom is 0.274 e. The van der Waals surface area contributed by atoms with Gasteiger partial charge in [-0.05, 0) is 24.3 Å². The van der Waals surface area contributed by atoms with E-state index >= 15 is 0 Å². The largest absolute Gasteiger partial charge is 0.342 e. The summed E-state index contributed by atoms with van der Waals surface area (Å²) >= 11 is 1.64. The van der Waals surface area contributed by atoms with E-state index in [1.165, 1.54) is 0 Å². The van der Waals surface area contributed by atoms with Crippen molar-refractivity contribution in [3.05, 3.63) is 54.0 Å². The molecular formula is C14H10N4OS. The second kappa shape index (κ2) is 5.63. The molecule has 3 aromatic rings. The predicted octanol–water partition coefficient (Wildman–Crippen LogP) is 3.23. The Hall–Kier alpha value is -2.52. The molecule has 0 amide bonds. The Balaban J connectivity index is 1.69. The number of aromatic amines is 1. The number of aromatic nitrogens is 3. The van der Waals surface area contributed by atoms with Gasteiger partial charge in [-0.2, -0.15) is 10.2 Å². The quantitative estimate of drug-likeness (QED) is 0.743. The van der Waals surface area contributed by atoms with Gasteiger partial charge in [-0.25, -0.2) is 0 Å². The number of nitrogens with zero attached hydrogens (tertiary/aromatic N) is 3. The molecule has 1 N–H and O–H groups in total. The Bertz CT molecular complexity index is 742. The van der Waals surface area contributed by atoms with Crippen LogP contribution in [0.3, 0.4) is 0 Å². The molecule has 20 heavy (non-hydrogen) atoms. The fourth-order valence-electron chi connectivity index (χ4n) is 1.67. The minimum atomic E-state index is 0.398. The van der Waals surface area contributed by atoms with E-state index < -0.39 is 0 Å². The molecule has 6 heteroatoms. The van der Waals surface area contributed by atoms with Crippen molar-refractivity contribution in [3.63, 3.8) is 0 Å². The molecule has 0 saturated heterocycles. The monoisotopic (exact) mass is 282 g/mol. The number of thioether (sulfide) groups is 1. The summed E-state index contributed by atoms with van der Waals surface area (Å²) in [6.07, 6.45) is 0. The van der Waals surface area contributed by atoms with Crippen molar-refractivity contribution in [1.29, 1.82) is 5.26 Å². The van der Waals surface area contributed by atoms with Crippen molar-refractivity contribution in [3.8, 4) is 17.7 Å². The van der Waals surface area contributed by atoms with Gasteiger partial charge in [0.15, 0.2) is 5.82 Å². The highest BCUT2D eigenvalue weighted by molar-refractivity contribution is 7.98. The Morgan fingerprint density at radius 2 is 2.05 bits per heavy atom. The Morgan fingerprint density at radius 1 is 1.20 bits per heavy atom. The summed E-state index contributed by atoms with van der Waals surface area (Å²) in [5, 5.41) is 12.7. The summed E-state index contributed by atoms with van der Waals surface area (Å²) in [6, 6.07) is 15.5. The van der Waals surface area contributed by atoms with Gasteiger partial charge in [-0.1, -0.05) is 23.4 Å². The number of hydrogen-bond donors (Lipinski definition) is 1. The third-order valence-electron chi connectivity index (χ3n) is 2.62. The first-order valence-electron chi connectivity index (χ1n) is 5.95. The molecule has 0 aliphatic rings. The average molecular weight is 282 g/mol. The zero-order chi connectivity index (χ0) is 13.8. The number of hydrogen-bond acceptors (Lipinski definition) is 5. The van der Waals surface area contributed by atoms with Gasteiger partial charge in [-0.15, -0.1) is 11.8 Å². The van der Waals surface area contributed by atoms with Gasteiger partial charge >= 0.3 is 0 Å². The van der Waals surface area contributed by atoms with Crippen LogP contribution < -0.4 is 0 Å². The van der Waals surface area contributed by atoms with Crippen LogP contribution in [0, 0.1) is 11.3 Å². The first-order valence-corrected chi connectivity index (χ1v) is 6.93. The lowest BCUT2D eigenvalue weighted by Crippen LogP contribution is -1.84. The lowest BCUT2D eigenvalue weighted by molar-refractivity contribution is 0.424. The van der Waals surface area contributed by atoms with Gasteiger partial charge in [0.1, 0.15) is 17.5 Å². The second-order valence-electron chi connectivity index (χ2n) is 4.01. The van der Waals surface area contributed by atoms with Crippen molar-refractivity contribution >= 4 is 11.8 Å². The molecule has 3 rings (SSSR count). The fraction of sp³-hybridized carbons (Fsp3) is 0.0714. The Morgan fingerprint density at radius 3 is 2.80 bits per heavy atom. The minimum absolute atomic E-state index is 0.398. The van der Waals surface area contributed by atoms with Crippen LogP contribution in [-0.2, 0) is 5.75 Å². The van der Waals surface area contributed by atoms with Crippen LogP contribution >= 0.6 is 11.8 Å². The Labute approximate surface area is 119 Å². The molecule has 0 radical (unpaired) electrons. The lowest BCUT2D eigenvalue weighted by Gasteiger charge is -1.96. The smallest absolute Gasteiger partial charge is 0.274 e. The maximum atomic E-state index is 8.76. The van der Waals surface area contributed by atoms with Crippen LogP contribution in [-0.4, -0.2) is 15.1 Å². The fourth-order valence-corrected chi connectivity index (χ4v) is 2.43. The van der Waals surface area contributed by atoms with Gasteiger partial charge in [0, 0.05) is 4.90 Å². The molecule has 0 unspecified atom stereocenters. The van der Waals surface area contributed by atoms with E-state index in [9.17, 15) is 0 Å². The molecule has 0 atom stereocenters. The number of benzene rings is 1. The number of nitriles is 1. The van der Waals surface area contributed by atoms with Crippen LogP contribution in [0.15, 0.2) is 51.9 Å². The zero-order valence-electron chi connectivity index (χ0n) is 10.4. The summed E-state index contributed by atoms with van der Waals surface area (Å²) in [4.78, 5) is 8.36. The molecule has 0 bridgehead atoms. The highest BCUT2D eigenvalue weighted by Gasteiger charge is 2.10. The van der Waals surface area contributed by atoms with Crippen molar-refractivity contribution in [2.75, 3.05) is 0 Å². The summed E-state index contributed by atoms with van der Waals surface area (Å²) in [5.74, 6) is 1.66. The summed E-state index contributed by atoms with van der Waals surface area (Å²) in [5.41, 5.74) is 1.13. The first-order chi connectivity index (χ1) is 9.85. The number of nitrogens with one attached hydrogen (secondary N) is 1. The average Bonchev–Trinajstić information content (AvgIpc) is 3.15. The molecular weight excluding hydrogens is 272 g/mol. The summed E-state index contributed by atoms with van der Waals surface area (Å²) in [7, 11) is 0. The molecule has 5 nitrogen and oxygen atoms in total. The molecule has 0 fully saturated rings. The SMILES string of the molecule is N#Cc1ccc(-c2nc(CSc3ccccc3)no2)[nH]1. The maximum absolute atomic E-state index is 8.76. The van der Waals surface area contributed by atoms with E-state index in [-0.39, 0.29) is 0 Å². The van der Waals surface area contributed by atoms with Crippen LogP contribution in [0.4, 0.5) is 0 Å². The van der Waals surface area contributed by atoms with Gasteiger partial charge in [0.25, 0.3) is 5.89 Å². The highest BCUT2D eigenvalue weighted by atomic mass is 32.2. The van der Waals surface area contributed by atoms with Crippen molar-refractivity contribution in [1.82, 2.24) is 15.1 Å². The van der Waals surface area contributed by atoms with Crippen molar-refractivity contribution < 1.29 is 4.52 Å². The molecule has 98 valence electrons. The molecule has 0 aliphatic heterocycles. The first kappa shape index (κ1) is 12.5. The third-order valence-corrected chi connectivity index (χ3v) is 3.62. The molecule has 2 aromatic heterocycles. The van der Waals surface area contributed by atoms with Gasteiger partial charge in [-0.3, -0.25) is 0 Å². The van der Waals surface area contributed by atoms with E-state index in [1.54, 1.807) is 23.9 Å². The van der Waals surface area contributed by atoms with Crippen LogP contribution in [0.1, 0.15) is 11.5 Å². The van der Waals surface area contributed by atoms with Gasteiger partial charge in [0.05, 0.1) is 5.75 Å². The van der Waals surface area contributed by atoms with E-state index in [1.807, 2.05) is 36.4 Å². The molecule has 2 heterocycles. The predicted molar refractivity (Wildman–Crippen MR) is 74.8 cm³/mol. The number of H-pyrrole nitrogens is 1. The standard InChI is InChI=1S/C14H10N4OS/c15-8-10-6-7-12(16-10)14-17-13(18-19-14)9-20-11-4-2-1-3-5-11/h1-7,16H,9H2. The zero-order valence-corrected chi connectivity index (χ0v) is 11.2. The van der Waals surface area contributed by atoms with Crippen molar-refractivity contribution in [2.24, 2.45) is 0 Å². The second-order valence-corrected chi connectivity index (χ2v) is 5.06. The van der Waals surface area contributed by atoms with E-state index in [4.69, 9.17) is 9.78 Å². The van der Waals surface area contributed by atoms with E-state index in [2.05, 4.69) is 15.1 Å². The minimum Gasteiger partial charge on any atom is -0.342 e. The van der Waals surface area contributed by atoms with Crippen LogP contribution in [0.5, 0.6) is 0 Å². The van der Waals surface area contributed by atoms with Crippen molar-refractivity contribution in [2.45, 2.75) is 10.6 Å². The van der Waals surface area contributed by atoms with Gasteiger partial charge < -0.3 is 9.51 Å². The molecule has 1 aromatic carbocycles. The van der Waals surface area contributed by atoms with Gasteiger partial charge in [0.2, 0.25) is 0 Å².